The van der Waals surface area contributed by atoms with E-state index in [-0.39, 0.29) is 24.5 Å². The second-order valence-corrected chi connectivity index (χ2v) is 12.4. The van der Waals surface area contributed by atoms with E-state index in [4.69, 9.17) is 9.84 Å². The van der Waals surface area contributed by atoms with Crippen LogP contribution in [-0.2, 0) is 19.1 Å². The van der Waals surface area contributed by atoms with Gasteiger partial charge in [-0.15, -0.1) is 0 Å². The van der Waals surface area contributed by atoms with Crippen LogP contribution in [-0.4, -0.2) is 35.6 Å². The van der Waals surface area contributed by atoms with Crippen molar-refractivity contribution in [3.8, 4) is 0 Å². The molecule has 0 aliphatic carbocycles. The highest BCUT2D eigenvalue weighted by Gasteiger charge is 2.14. The van der Waals surface area contributed by atoms with Crippen molar-refractivity contribution in [1.82, 2.24) is 5.32 Å². The quantitative estimate of drug-likeness (QED) is 0.0422. The molecule has 46 heavy (non-hydrogen) atoms. The normalized spacial score (nSPS) is 12.6. The summed E-state index contributed by atoms with van der Waals surface area (Å²) in [5, 5.41) is 11.1. The SMILES string of the molecule is CC/C=C\C/C=C\C/C=C\CCCCCC(=O)OC(CCC/C=C\CCCCCCCC)CCCCCCCC(=O)NCC(=O)O. The van der Waals surface area contributed by atoms with E-state index in [1.165, 1.54) is 38.5 Å². The molecule has 264 valence electrons. The fraction of sp³-hybridized carbons (Fsp3) is 0.725. The number of carboxylic acid groups (broad SMARTS) is 1. The molecule has 0 rings (SSSR count). The van der Waals surface area contributed by atoms with Gasteiger partial charge in [0.2, 0.25) is 5.91 Å². The maximum Gasteiger partial charge on any atom is 0.322 e. The molecule has 1 atom stereocenters. The molecule has 0 aromatic heterocycles. The van der Waals surface area contributed by atoms with E-state index in [1.54, 1.807) is 0 Å². The van der Waals surface area contributed by atoms with Crippen LogP contribution in [0.3, 0.4) is 0 Å². The average Bonchev–Trinajstić information content (AvgIpc) is 3.04. The number of rotatable bonds is 33. The molecular formula is C40H69NO5. The first-order chi connectivity index (χ1) is 22.5. The third kappa shape index (κ3) is 34.2. The van der Waals surface area contributed by atoms with Crippen molar-refractivity contribution in [3.63, 3.8) is 0 Å². The third-order valence-corrected chi connectivity index (χ3v) is 7.98. The zero-order valence-corrected chi connectivity index (χ0v) is 29.7. The van der Waals surface area contributed by atoms with Gasteiger partial charge < -0.3 is 15.2 Å². The zero-order chi connectivity index (χ0) is 33.8. The highest BCUT2D eigenvalue weighted by atomic mass is 16.5. The number of esters is 1. The maximum absolute atomic E-state index is 12.7. The summed E-state index contributed by atoms with van der Waals surface area (Å²) in [6.45, 7) is 4.08. The summed E-state index contributed by atoms with van der Waals surface area (Å²) >= 11 is 0. The predicted molar refractivity (Wildman–Crippen MR) is 194 cm³/mol. The lowest BCUT2D eigenvalue weighted by molar-refractivity contribution is -0.150. The van der Waals surface area contributed by atoms with Crippen molar-refractivity contribution >= 4 is 17.8 Å². The van der Waals surface area contributed by atoms with E-state index >= 15 is 0 Å². The van der Waals surface area contributed by atoms with Gasteiger partial charge in [0, 0.05) is 12.8 Å². The topological polar surface area (TPSA) is 92.7 Å². The van der Waals surface area contributed by atoms with Crippen molar-refractivity contribution in [3.05, 3.63) is 48.6 Å². The van der Waals surface area contributed by atoms with E-state index in [2.05, 4.69) is 67.8 Å². The molecule has 6 nitrogen and oxygen atoms in total. The van der Waals surface area contributed by atoms with E-state index in [9.17, 15) is 14.4 Å². The molecule has 2 N–H and O–H groups in total. The number of carbonyl (C=O) groups excluding carboxylic acids is 2. The first kappa shape index (κ1) is 43.4. The monoisotopic (exact) mass is 644 g/mol. The Morgan fingerprint density at radius 3 is 1.76 bits per heavy atom. The lowest BCUT2D eigenvalue weighted by atomic mass is 10.0. The highest BCUT2D eigenvalue weighted by Crippen LogP contribution is 2.17. The Balaban J connectivity index is 4.29. The van der Waals surface area contributed by atoms with E-state index in [0.717, 1.165) is 109 Å². The number of aliphatic carboxylic acids is 1. The fourth-order valence-electron chi connectivity index (χ4n) is 5.23. The number of amides is 1. The number of hydrogen-bond donors (Lipinski definition) is 2. The van der Waals surface area contributed by atoms with Crippen LogP contribution in [0.2, 0.25) is 0 Å². The average molecular weight is 644 g/mol. The molecule has 1 amide bonds. The molecule has 0 saturated carbocycles. The van der Waals surface area contributed by atoms with Gasteiger partial charge in [0.15, 0.2) is 0 Å². The van der Waals surface area contributed by atoms with Crippen molar-refractivity contribution in [2.75, 3.05) is 6.54 Å². The molecule has 0 aromatic carbocycles. The molecule has 6 heteroatoms. The van der Waals surface area contributed by atoms with Gasteiger partial charge in [-0.1, -0.05) is 120 Å². The molecule has 1 unspecified atom stereocenters. The molecule has 0 spiro atoms. The summed E-state index contributed by atoms with van der Waals surface area (Å²) in [6, 6.07) is 0. The second-order valence-electron chi connectivity index (χ2n) is 12.4. The lowest BCUT2D eigenvalue weighted by Gasteiger charge is -2.18. The second kappa shape index (κ2) is 35.2. The Bertz CT molecular complexity index is 845. The summed E-state index contributed by atoms with van der Waals surface area (Å²) in [4.78, 5) is 34.8. The third-order valence-electron chi connectivity index (χ3n) is 7.98. The molecule has 0 aliphatic rings. The number of carboxylic acids is 1. The molecule has 0 heterocycles. The minimum absolute atomic E-state index is 0.0188. The van der Waals surface area contributed by atoms with Crippen molar-refractivity contribution in [1.29, 1.82) is 0 Å². The van der Waals surface area contributed by atoms with E-state index < -0.39 is 5.97 Å². The zero-order valence-electron chi connectivity index (χ0n) is 29.7. The molecule has 0 saturated heterocycles. The number of unbranched alkanes of at least 4 members (excludes halogenated alkanes) is 14. The number of allylic oxidation sites excluding steroid dienone is 8. The van der Waals surface area contributed by atoms with Crippen LogP contribution in [0.4, 0.5) is 0 Å². The van der Waals surface area contributed by atoms with Crippen molar-refractivity contribution in [2.45, 2.75) is 180 Å². The van der Waals surface area contributed by atoms with Gasteiger partial charge in [0.1, 0.15) is 12.6 Å². The Morgan fingerprint density at radius 1 is 0.587 bits per heavy atom. The van der Waals surface area contributed by atoms with Gasteiger partial charge in [-0.2, -0.15) is 0 Å². The van der Waals surface area contributed by atoms with Gasteiger partial charge in [-0.3, -0.25) is 14.4 Å². The van der Waals surface area contributed by atoms with Crippen LogP contribution >= 0.6 is 0 Å². The van der Waals surface area contributed by atoms with Crippen LogP contribution in [0.15, 0.2) is 48.6 Å². The number of hydrogen-bond acceptors (Lipinski definition) is 4. The largest absolute Gasteiger partial charge is 0.480 e. The van der Waals surface area contributed by atoms with Gasteiger partial charge in [0.25, 0.3) is 0 Å². The first-order valence-corrected chi connectivity index (χ1v) is 18.8. The van der Waals surface area contributed by atoms with Crippen LogP contribution in [0.1, 0.15) is 174 Å². The Kier molecular flexibility index (Phi) is 33.2. The van der Waals surface area contributed by atoms with Crippen LogP contribution in [0.25, 0.3) is 0 Å². The van der Waals surface area contributed by atoms with Crippen LogP contribution in [0, 0.1) is 0 Å². The summed E-state index contributed by atoms with van der Waals surface area (Å²) in [7, 11) is 0. The number of nitrogens with one attached hydrogen (secondary N) is 1. The summed E-state index contributed by atoms with van der Waals surface area (Å²) in [6.07, 6.45) is 43.7. The van der Waals surface area contributed by atoms with Crippen LogP contribution in [0.5, 0.6) is 0 Å². The molecule has 0 aromatic rings. The molecule has 0 radical (unpaired) electrons. The van der Waals surface area contributed by atoms with Crippen molar-refractivity contribution in [2.24, 2.45) is 0 Å². The Labute approximate surface area is 282 Å². The van der Waals surface area contributed by atoms with Gasteiger partial charge in [-0.25, -0.2) is 0 Å². The highest BCUT2D eigenvalue weighted by molar-refractivity contribution is 5.80. The van der Waals surface area contributed by atoms with E-state index in [1.807, 2.05) is 0 Å². The first-order valence-electron chi connectivity index (χ1n) is 18.8. The minimum atomic E-state index is -1.02. The van der Waals surface area contributed by atoms with Gasteiger partial charge >= 0.3 is 11.9 Å². The predicted octanol–water partition coefficient (Wildman–Crippen LogP) is 11.1. The van der Waals surface area contributed by atoms with Gasteiger partial charge in [-0.05, 0) is 89.9 Å². The maximum atomic E-state index is 12.7. The standard InChI is InChI=1S/C40H69NO5/c1-3-5-7-9-11-13-15-16-18-20-22-27-31-35-40(45)46-37(32-28-24-21-19-17-14-12-10-8-6-4-2)33-29-25-23-26-30-34-38(42)41-36-39(43)44/h5,7,11,13,16,18-19,21,37H,3-4,6,8-10,12,14-15,17,20,22-36H2,1-2H3,(H,41,42)(H,43,44)/b7-5-,13-11-,18-16-,21-19-. The smallest absolute Gasteiger partial charge is 0.322 e. The molecule has 0 fully saturated rings. The summed E-state index contributed by atoms with van der Waals surface area (Å²) < 4.78 is 5.96. The fourth-order valence-corrected chi connectivity index (χ4v) is 5.23. The Morgan fingerprint density at radius 2 is 1.09 bits per heavy atom. The summed E-state index contributed by atoms with van der Waals surface area (Å²) in [5.41, 5.74) is 0. The number of carbonyl (C=O) groups is 3. The van der Waals surface area contributed by atoms with E-state index in [0.29, 0.717) is 12.8 Å². The van der Waals surface area contributed by atoms with Crippen LogP contribution < -0.4 is 5.32 Å². The Hall–Kier alpha value is -2.63. The molecular weight excluding hydrogens is 574 g/mol. The van der Waals surface area contributed by atoms with Gasteiger partial charge in [0.05, 0.1) is 0 Å². The molecule has 0 bridgehead atoms. The number of ether oxygens (including phenoxy) is 1. The molecule has 0 aliphatic heterocycles. The minimum Gasteiger partial charge on any atom is -0.480 e. The summed E-state index contributed by atoms with van der Waals surface area (Å²) in [5.74, 6) is -1.29. The lowest BCUT2D eigenvalue weighted by Crippen LogP contribution is -2.28. The van der Waals surface area contributed by atoms with Crippen molar-refractivity contribution < 1.29 is 24.2 Å².